The molecule has 0 aliphatic carbocycles. The first kappa shape index (κ1) is 15.0. The van der Waals surface area contributed by atoms with E-state index in [-0.39, 0.29) is 9.79 Å². The van der Waals surface area contributed by atoms with Gasteiger partial charge in [-0.25, -0.2) is 22.0 Å². The van der Waals surface area contributed by atoms with Crippen LogP contribution < -0.4 is 9.44 Å². The topological polar surface area (TPSA) is 97.5 Å². The fourth-order valence-corrected chi connectivity index (χ4v) is 4.50. The van der Waals surface area contributed by atoms with Crippen molar-refractivity contribution < 1.29 is 16.8 Å². The van der Waals surface area contributed by atoms with Crippen LogP contribution in [0.5, 0.6) is 0 Å². The largest absolute Gasteiger partial charge is 0.266 e. The molecular formula is C14H14N2O4S2. The van der Waals surface area contributed by atoms with Gasteiger partial charge in [0, 0.05) is 6.54 Å². The van der Waals surface area contributed by atoms with Gasteiger partial charge in [-0.05, 0) is 42.3 Å². The van der Waals surface area contributed by atoms with Crippen molar-refractivity contribution in [2.24, 2.45) is 5.14 Å². The van der Waals surface area contributed by atoms with Crippen LogP contribution in [0.3, 0.4) is 0 Å². The Kier molecular flexibility index (Phi) is 3.47. The summed E-state index contributed by atoms with van der Waals surface area (Å²) in [5.41, 5.74) is 1.64. The molecule has 6 nitrogen and oxygen atoms in total. The fraction of sp³-hybridized carbons (Fsp3) is 0.143. The molecular weight excluding hydrogens is 324 g/mol. The van der Waals surface area contributed by atoms with Crippen LogP contribution in [0.2, 0.25) is 0 Å². The minimum atomic E-state index is -3.84. The molecule has 8 heteroatoms. The van der Waals surface area contributed by atoms with E-state index in [9.17, 15) is 16.8 Å². The number of fused-ring (bicyclic) bond motifs is 1. The van der Waals surface area contributed by atoms with E-state index in [0.29, 0.717) is 18.7 Å². The van der Waals surface area contributed by atoms with Crippen molar-refractivity contribution >= 4 is 25.7 Å². The molecule has 1 aliphatic rings. The van der Waals surface area contributed by atoms with Gasteiger partial charge < -0.3 is 0 Å². The van der Waals surface area contributed by atoms with Crippen LogP contribution in [0.15, 0.2) is 58.3 Å². The SMILES string of the molecule is NS(=O)(=O)c1ccc(S(=O)(=O)N2CCc3ccccc32)cc1. The summed E-state index contributed by atoms with van der Waals surface area (Å²) >= 11 is 0. The molecule has 3 rings (SSSR count). The van der Waals surface area contributed by atoms with Crippen LogP contribution in [0.25, 0.3) is 0 Å². The number of anilines is 1. The maximum Gasteiger partial charge on any atom is 0.264 e. The maximum atomic E-state index is 12.7. The molecule has 1 aliphatic heterocycles. The van der Waals surface area contributed by atoms with Gasteiger partial charge >= 0.3 is 0 Å². The highest BCUT2D eigenvalue weighted by atomic mass is 32.2. The van der Waals surface area contributed by atoms with Crippen LogP contribution in [0.4, 0.5) is 5.69 Å². The van der Waals surface area contributed by atoms with Crippen molar-refractivity contribution in [2.75, 3.05) is 10.8 Å². The van der Waals surface area contributed by atoms with Crippen LogP contribution >= 0.6 is 0 Å². The van der Waals surface area contributed by atoms with Crippen LogP contribution in [-0.2, 0) is 26.5 Å². The Balaban J connectivity index is 2.01. The number of nitrogens with zero attached hydrogens (tertiary/aromatic N) is 1. The fourth-order valence-electron chi connectivity index (χ4n) is 2.49. The molecule has 0 atom stereocenters. The Labute approximate surface area is 129 Å². The molecule has 0 radical (unpaired) electrons. The Hall–Kier alpha value is -1.90. The third-order valence-corrected chi connectivity index (χ3v) is 6.34. The molecule has 0 saturated carbocycles. The van der Waals surface area contributed by atoms with Crippen molar-refractivity contribution in [3.05, 3.63) is 54.1 Å². The van der Waals surface area contributed by atoms with E-state index in [1.54, 1.807) is 12.1 Å². The zero-order valence-electron chi connectivity index (χ0n) is 11.5. The average molecular weight is 338 g/mol. The predicted molar refractivity (Wildman–Crippen MR) is 82.5 cm³/mol. The monoisotopic (exact) mass is 338 g/mol. The van der Waals surface area contributed by atoms with Gasteiger partial charge in [0.1, 0.15) is 0 Å². The Morgan fingerprint density at radius 3 is 2.09 bits per heavy atom. The van der Waals surface area contributed by atoms with Crippen molar-refractivity contribution in [1.82, 2.24) is 0 Å². The Morgan fingerprint density at radius 1 is 0.864 bits per heavy atom. The highest BCUT2D eigenvalue weighted by Crippen LogP contribution is 2.32. The Morgan fingerprint density at radius 2 is 1.45 bits per heavy atom. The van der Waals surface area contributed by atoms with Crippen LogP contribution in [-0.4, -0.2) is 23.4 Å². The normalized spacial score (nSPS) is 14.9. The van der Waals surface area contributed by atoms with Gasteiger partial charge in [-0.1, -0.05) is 18.2 Å². The molecule has 0 fully saturated rings. The highest BCUT2D eigenvalue weighted by molar-refractivity contribution is 7.93. The van der Waals surface area contributed by atoms with E-state index >= 15 is 0 Å². The van der Waals surface area contributed by atoms with E-state index in [2.05, 4.69) is 0 Å². The molecule has 1 heterocycles. The summed E-state index contributed by atoms with van der Waals surface area (Å²) in [6, 6.07) is 12.2. The molecule has 0 saturated heterocycles. The summed E-state index contributed by atoms with van der Waals surface area (Å²) in [6.45, 7) is 0.374. The van der Waals surface area contributed by atoms with Gasteiger partial charge in [-0.3, -0.25) is 4.31 Å². The summed E-state index contributed by atoms with van der Waals surface area (Å²) in [5, 5.41) is 5.01. The molecule has 2 aromatic rings. The van der Waals surface area contributed by atoms with E-state index in [1.165, 1.54) is 28.6 Å². The predicted octanol–water partition coefficient (Wildman–Crippen LogP) is 1.09. The highest BCUT2D eigenvalue weighted by Gasteiger charge is 2.30. The summed E-state index contributed by atoms with van der Waals surface area (Å²) in [5.74, 6) is 0. The quantitative estimate of drug-likeness (QED) is 0.905. The molecule has 0 unspecified atom stereocenters. The number of rotatable bonds is 3. The summed E-state index contributed by atoms with van der Waals surface area (Å²) in [7, 11) is -7.56. The molecule has 0 bridgehead atoms. The summed E-state index contributed by atoms with van der Waals surface area (Å²) < 4.78 is 49.2. The molecule has 2 aromatic carbocycles. The van der Waals surface area contributed by atoms with Gasteiger partial charge in [-0.2, -0.15) is 0 Å². The second-order valence-corrected chi connectivity index (χ2v) is 8.40. The zero-order chi connectivity index (χ0) is 16.0. The van der Waals surface area contributed by atoms with Gasteiger partial charge in [0.05, 0.1) is 15.5 Å². The third-order valence-electron chi connectivity index (χ3n) is 3.58. The number of hydrogen-bond donors (Lipinski definition) is 1. The zero-order valence-corrected chi connectivity index (χ0v) is 13.1. The molecule has 0 aromatic heterocycles. The van der Waals surface area contributed by atoms with E-state index < -0.39 is 20.0 Å². The number of para-hydroxylation sites is 1. The summed E-state index contributed by atoms with van der Waals surface area (Å²) in [4.78, 5) is -0.0788. The number of sulfonamides is 2. The lowest BCUT2D eigenvalue weighted by molar-refractivity contribution is 0.590. The van der Waals surface area contributed by atoms with Gasteiger partial charge in [0.25, 0.3) is 10.0 Å². The molecule has 116 valence electrons. The standard InChI is InChI=1S/C14H14N2O4S2/c15-21(17,18)12-5-7-13(8-6-12)22(19,20)16-10-9-11-3-1-2-4-14(11)16/h1-8H,9-10H2,(H2,15,17,18). The number of nitrogens with two attached hydrogens (primary N) is 1. The van der Waals surface area contributed by atoms with Crippen molar-refractivity contribution in [2.45, 2.75) is 16.2 Å². The van der Waals surface area contributed by atoms with Crippen molar-refractivity contribution in [3.63, 3.8) is 0 Å². The lowest BCUT2D eigenvalue weighted by atomic mass is 10.2. The molecule has 0 amide bonds. The lowest BCUT2D eigenvalue weighted by Gasteiger charge is -2.19. The van der Waals surface area contributed by atoms with E-state index in [0.717, 1.165) is 5.56 Å². The lowest BCUT2D eigenvalue weighted by Crippen LogP contribution is -2.29. The van der Waals surface area contributed by atoms with E-state index in [4.69, 9.17) is 5.14 Å². The van der Waals surface area contributed by atoms with Crippen molar-refractivity contribution in [1.29, 1.82) is 0 Å². The minimum absolute atomic E-state index is 0.0385. The third kappa shape index (κ3) is 2.49. The second kappa shape index (κ2) is 5.08. The summed E-state index contributed by atoms with van der Waals surface area (Å²) in [6.07, 6.45) is 0.657. The van der Waals surface area contributed by atoms with Gasteiger partial charge in [0.15, 0.2) is 0 Å². The molecule has 22 heavy (non-hydrogen) atoms. The average Bonchev–Trinajstić information content (AvgIpc) is 2.91. The first-order valence-corrected chi connectivity index (χ1v) is 9.52. The first-order chi connectivity index (χ1) is 10.3. The maximum absolute atomic E-state index is 12.7. The molecule has 2 N–H and O–H groups in total. The second-order valence-electron chi connectivity index (χ2n) is 4.97. The number of benzene rings is 2. The number of primary sulfonamides is 1. The van der Waals surface area contributed by atoms with Gasteiger partial charge in [0.2, 0.25) is 10.0 Å². The minimum Gasteiger partial charge on any atom is -0.266 e. The molecule has 0 spiro atoms. The Bertz CT molecular complexity index is 920. The smallest absolute Gasteiger partial charge is 0.264 e. The number of hydrogen-bond acceptors (Lipinski definition) is 4. The van der Waals surface area contributed by atoms with Crippen LogP contribution in [0.1, 0.15) is 5.56 Å². The van der Waals surface area contributed by atoms with Gasteiger partial charge in [-0.15, -0.1) is 0 Å². The van der Waals surface area contributed by atoms with Crippen LogP contribution in [0, 0.1) is 0 Å². The van der Waals surface area contributed by atoms with E-state index in [1.807, 2.05) is 12.1 Å². The first-order valence-electron chi connectivity index (χ1n) is 6.54. The van der Waals surface area contributed by atoms with Crippen molar-refractivity contribution in [3.8, 4) is 0 Å².